The number of fused-ring (bicyclic) bond motifs is 9. The molecule has 2 heteroatoms. The summed E-state index contributed by atoms with van der Waals surface area (Å²) in [6, 6.07) is 86.5. The van der Waals surface area contributed by atoms with Crippen LogP contribution in [0.1, 0.15) is 48.8 Å². The van der Waals surface area contributed by atoms with Crippen molar-refractivity contribution in [3.8, 4) is 44.5 Å². The zero-order valence-electron chi connectivity index (χ0n) is 41.3. The van der Waals surface area contributed by atoms with Crippen LogP contribution in [0.2, 0.25) is 0 Å². The summed E-state index contributed by atoms with van der Waals surface area (Å²) in [4.78, 5) is 2.50. The lowest BCUT2D eigenvalue weighted by Gasteiger charge is -2.37. The molecular weight excluding hydrogens is 893 g/mol. The number of para-hydroxylation sites is 1. The molecule has 1 aromatic heterocycles. The van der Waals surface area contributed by atoms with Crippen LogP contribution in [-0.2, 0) is 11.0 Å². The van der Waals surface area contributed by atoms with Gasteiger partial charge in [-0.3, -0.25) is 0 Å². The third kappa shape index (κ3) is 6.50. The number of benzene rings is 10. The van der Waals surface area contributed by atoms with Gasteiger partial charge in [-0.15, -0.1) is 0 Å². The van der Waals surface area contributed by atoms with Crippen LogP contribution in [-0.4, -0.2) is 4.57 Å². The smallest absolute Gasteiger partial charge is 0.0711 e. The van der Waals surface area contributed by atoms with E-state index in [4.69, 9.17) is 0 Å². The van der Waals surface area contributed by atoms with Crippen molar-refractivity contribution in [3.05, 3.63) is 283 Å². The molecule has 0 N–H and O–H groups in total. The van der Waals surface area contributed by atoms with Crippen molar-refractivity contribution in [2.45, 2.75) is 43.1 Å². The Morgan fingerprint density at radius 3 is 1.80 bits per heavy atom. The highest BCUT2D eigenvalue weighted by Gasteiger charge is 2.55. The fraction of sp³-hybridized carbons (Fsp3) is 0.111. The summed E-state index contributed by atoms with van der Waals surface area (Å²) >= 11 is 0. The van der Waals surface area contributed by atoms with Gasteiger partial charge in [0.1, 0.15) is 0 Å². The molecule has 0 aliphatic heterocycles. The molecule has 3 atom stereocenters. The van der Waals surface area contributed by atoms with Gasteiger partial charge in [-0.1, -0.05) is 206 Å². The SMILES string of the molecule is C1=CC([C@]2(c3ccccc3)c3ccccc3-c3c2cc(N(c2ccc(-c4ccccc4)cc2)c2ccc(-c4cccc(-c5ccc6c(c5)c5ccccc5n6C56C=CCCC5C6)c4)cc2)c2ccccc32)=CCC1. The van der Waals surface area contributed by atoms with Crippen molar-refractivity contribution in [1.29, 1.82) is 0 Å². The Morgan fingerprint density at radius 1 is 0.432 bits per heavy atom. The number of nitrogens with zero attached hydrogens (tertiary/aromatic N) is 2. The van der Waals surface area contributed by atoms with Crippen LogP contribution in [0.15, 0.2) is 266 Å². The van der Waals surface area contributed by atoms with Crippen LogP contribution < -0.4 is 4.90 Å². The summed E-state index contributed by atoms with van der Waals surface area (Å²) in [6.45, 7) is 0. The quantitative estimate of drug-likeness (QED) is 0.131. The first-order valence-electron chi connectivity index (χ1n) is 26.6. The molecule has 1 saturated carbocycles. The van der Waals surface area contributed by atoms with E-state index in [1.54, 1.807) is 0 Å². The van der Waals surface area contributed by atoms with Crippen molar-refractivity contribution in [2.75, 3.05) is 4.90 Å². The Balaban J connectivity index is 0.878. The molecule has 2 unspecified atom stereocenters. The zero-order valence-corrected chi connectivity index (χ0v) is 41.3. The molecule has 0 radical (unpaired) electrons. The first-order valence-corrected chi connectivity index (χ1v) is 26.6. The van der Waals surface area contributed by atoms with Crippen molar-refractivity contribution in [1.82, 2.24) is 4.57 Å². The van der Waals surface area contributed by atoms with Gasteiger partial charge in [0.2, 0.25) is 0 Å². The molecule has 4 aliphatic carbocycles. The largest absolute Gasteiger partial charge is 0.330 e. The number of hydrogen-bond donors (Lipinski definition) is 0. The molecule has 0 saturated heterocycles. The first-order chi connectivity index (χ1) is 36.7. The number of hydrogen-bond acceptors (Lipinski definition) is 1. The highest BCUT2D eigenvalue weighted by Crippen LogP contribution is 2.61. The van der Waals surface area contributed by atoms with Gasteiger partial charge in [0.25, 0.3) is 0 Å². The molecule has 0 bridgehead atoms. The summed E-state index contributed by atoms with van der Waals surface area (Å²) in [5.41, 5.74) is 20.8. The molecular formula is C72H54N2. The average molecular weight is 947 g/mol. The maximum atomic E-state index is 2.66. The van der Waals surface area contributed by atoms with Gasteiger partial charge >= 0.3 is 0 Å². The Morgan fingerprint density at radius 2 is 1.04 bits per heavy atom. The van der Waals surface area contributed by atoms with E-state index in [1.807, 2.05) is 0 Å². The maximum absolute atomic E-state index is 2.66. The van der Waals surface area contributed by atoms with Gasteiger partial charge in [0.15, 0.2) is 0 Å². The van der Waals surface area contributed by atoms with Gasteiger partial charge in [0, 0.05) is 38.6 Å². The lowest BCUT2D eigenvalue weighted by molar-refractivity contribution is 0.521. The normalized spacial score (nSPS) is 19.3. The van der Waals surface area contributed by atoms with Gasteiger partial charge in [-0.25, -0.2) is 0 Å². The van der Waals surface area contributed by atoms with E-state index in [0.29, 0.717) is 0 Å². The van der Waals surface area contributed by atoms with E-state index in [9.17, 15) is 0 Å². The van der Waals surface area contributed by atoms with Crippen molar-refractivity contribution < 1.29 is 0 Å². The minimum atomic E-state index is -0.505. The van der Waals surface area contributed by atoms with Crippen LogP contribution in [0.3, 0.4) is 0 Å². The second-order valence-electron chi connectivity index (χ2n) is 21.0. The Hall–Kier alpha value is -8.72. The van der Waals surface area contributed by atoms with E-state index >= 15 is 0 Å². The van der Waals surface area contributed by atoms with Gasteiger partial charge in [-0.2, -0.15) is 0 Å². The zero-order chi connectivity index (χ0) is 48.8. The standard InChI is InChI=1S/C72H54N2/c1-4-19-49(20-5-1)50-34-39-58(40-35-50)73(69-47-66-70(62-30-11-10-28-60(62)69)63-31-12-14-32-65(63)72(66,55-23-6-2-7-24-55)56-25-8-3-9-26-56)59-41-36-51(37-42-59)52-21-18-22-53(45-52)54-38-43-68-64(46-54)61-29-13-15-33-67(61)74(68)71-44-17-16-27-57(71)48-71/h1-2,4-8,10-15,17-26,28-47,57H,3,9,16,27,48H2/t57?,71?,72-/m1/s1. The van der Waals surface area contributed by atoms with E-state index in [-0.39, 0.29) is 5.54 Å². The third-order valence-corrected chi connectivity index (χ3v) is 17.1. The van der Waals surface area contributed by atoms with Crippen LogP contribution in [0.25, 0.3) is 77.1 Å². The highest BCUT2D eigenvalue weighted by atomic mass is 15.1. The second kappa shape index (κ2) is 16.9. The number of rotatable bonds is 9. The Bertz CT molecular complexity index is 4100. The maximum Gasteiger partial charge on any atom is 0.0711 e. The van der Waals surface area contributed by atoms with Gasteiger partial charge in [-0.05, 0) is 165 Å². The highest BCUT2D eigenvalue weighted by molar-refractivity contribution is 6.12. The molecule has 4 aliphatic rings. The molecule has 2 nitrogen and oxygen atoms in total. The fourth-order valence-corrected chi connectivity index (χ4v) is 13.6. The van der Waals surface area contributed by atoms with Crippen LogP contribution in [0.5, 0.6) is 0 Å². The fourth-order valence-electron chi connectivity index (χ4n) is 13.6. The molecule has 15 rings (SSSR count). The second-order valence-corrected chi connectivity index (χ2v) is 21.0. The van der Waals surface area contributed by atoms with E-state index in [1.165, 1.54) is 119 Å². The number of aromatic nitrogens is 1. The van der Waals surface area contributed by atoms with Crippen molar-refractivity contribution in [3.63, 3.8) is 0 Å². The van der Waals surface area contributed by atoms with E-state index < -0.39 is 5.41 Å². The lowest BCUT2D eigenvalue weighted by Crippen LogP contribution is -2.29. The number of anilines is 3. The summed E-state index contributed by atoms with van der Waals surface area (Å²) in [7, 11) is 0. The van der Waals surface area contributed by atoms with Gasteiger partial charge in [0.05, 0.1) is 16.6 Å². The average Bonchev–Trinajstić information content (AvgIpc) is 4.05. The summed E-state index contributed by atoms with van der Waals surface area (Å²) < 4.78 is 2.66. The predicted octanol–water partition coefficient (Wildman–Crippen LogP) is 19.1. The summed E-state index contributed by atoms with van der Waals surface area (Å²) in [6.07, 6.45) is 18.0. The Labute approximate surface area is 433 Å². The first kappa shape index (κ1) is 42.9. The topological polar surface area (TPSA) is 8.17 Å². The minimum absolute atomic E-state index is 0.116. The molecule has 0 spiro atoms. The van der Waals surface area contributed by atoms with Crippen LogP contribution in [0.4, 0.5) is 17.1 Å². The lowest BCUT2D eigenvalue weighted by atomic mass is 9.66. The van der Waals surface area contributed by atoms with E-state index in [2.05, 4.69) is 270 Å². The van der Waals surface area contributed by atoms with Crippen LogP contribution in [0, 0.1) is 5.92 Å². The molecule has 10 aromatic carbocycles. The monoisotopic (exact) mass is 946 g/mol. The molecule has 1 fully saturated rings. The molecule has 352 valence electrons. The molecule has 74 heavy (non-hydrogen) atoms. The third-order valence-electron chi connectivity index (χ3n) is 17.1. The number of allylic oxidation sites excluding steroid dienone is 6. The van der Waals surface area contributed by atoms with Crippen molar-refractivity contribution >= 4 is 49.6 Å². The molecule has 1 heterocycles. The van der Waals surface area contributed by atoms with Gasteiger partial charge < -0.3 is 9.47 Å². The van der Waals surface area contributed by atoms with Crippen LogP contribution >= 0.6 is 0 Å². The molecule has 11 aromatic rings. The minimum Gasteiger partial charge on any atom is -0.330 e. The van der Waals surface area contributed by atoms with E-state index in [0.717, 1.165) is 35.8 Å². The Kier molecular flexibility index (Phi) is 9.82. The summed E-state index contributed by atoms with van der Waals surface area (Å²) in [5.74, 6) is 0.730. The predicted molar refractivity (Wildman–Crippen MR) is 311 cm³/mol. The van der Waals surface area contributed by atoms with Crippen molar-refractivity contribution in [2.24, 2.45) is 5.92 Å². The molecule has 0 amide bonds. The summed E-state index contributed by atoms with van der Waals surface area (Å²) in [5, 5.41) is 5.15.